The molecule has 0 N–H and O–H groups in total. The summed E-state index contributed by atoms with van der Waals surface area (Å²) in [5, 5.41) is 0. The molecule has 84 valence electrons. The highest BCUT2D eigenvalue weighted by molar-refractivity contribution is 5.74. The predicted octanol–water partition coefficient (Wildman–Crippen LogP) is 1.79. The number of hydrogen-bond acceptors (Lipinski definition) is 1. The third-order valence-corrected chi connectivity index (χ3v) is 2.99. The van der Waals surface area contributed by atoms with Gasteiger partial charge in [0.15, 0.2) is 0 Å². The number of piperidine rings is 1. The Balaban J connectivity index is 2.48. The lowest BCUT2D eigenvalue weighted by molar-refractivity contribution is 0.141. The first-order valence-corrected chi connectivity index (χ1v) is 5.66. The second-order valence-electron chi connectivity index (χ2n) is 4.17. The van der Waals surface area contributed by atoms with Crippen molar-refractivity contribution in [1.82, 2.24) is 9.80 Å². The van der Waals surface area contributed by atoms with E-state index in [9.17, 15) is 4.79 Å². The maximum Gasteiger partial charge on any atom is 0.320 e. The standard InChI is InChI=1S/C12H20N2O/c1-4-8-13(5-2)12(15)14-9-6-11(3)7-10-14/h1,11H,5-10H2,2-3H3. The summed E-state index contributed by atoms with van der Waals surface area (Å²) in [5.74, 6) is 3.27. The molecule has 1 aliphatic heterocycles. The Bertz CT molecular complexity index is 249. The molecule has 3 heteroatoms. The average Bonchev–Trinajstić information content (AvgIpc) is 2.26. The van der Waals surface area contributed by atoms with Crippen LogP contribution in [0.25, 0.3) is 0 Å². The van der Waals surface area contributed by atoms with Crippen LogP contribution in [-0.4, -0.2) is 42.0 Å². The topological polar surface area (TPSA) is 23.6 Å². The van der Waals surface area contributed by atoms with Gasteiger partial charge in [0.25, 0.3) is 0 Å². The fraction of sp³-hybridized carbons (Fsp3) is 0.750. The van der Waals surface area contributed by atoms with Gasteiger partial charge in [0, 0.05) is 19.6 Å². The number of terminal acetylenes is 1. The minimum Gasteiger partial charge on any atom is -0.325 e. The van der Waals surface area contributed by atoms with E-state index < -0.39 is 0 Å². The van der Waals surface area contributed by atoms with Crippen molar-refractivity contribution < 1.29 is 4.79 Å². The van der Waals surface area contributed by atoms with Crippen LogP contribution in [0.1, 0.15) is 26.7 Å². The zero-order valence-corrected chi connectivity index (χ0v) is 9.70. The number of urea groups is 1. The van der Waals surface area contributed by atoms with Gasteiger partial charge in [-0.25, -0.2) is 4.79 Å². The van der Waals surface area contributed by atoms with Crippen molar-refractivity contribution in [1.29, 1.82) is 0 Å². The van der Waals surface area contributed by atoms with E-state index in [0.717, 1.165) is 31.8 Å². The Morgan fingerprint density at radius 2 is 2.13 bits per heavy atom. The first kappa shape index (κ1) is 11.9. The molecule has 0 aromatic heterocycles. The molecule has 3 nitrogen and oxygen atoms in total. The van der Waals surface area contributed by atoms with Gasteiger partial charge in [-0.05, 0) is 25.7 Å². The molecular weight excluding hydrogens is 188 g/mol. The summed E-state index contributed by atoms with van der Waals surface area (Å²) < 4.78 is 0. The summed E-state index contributed by atoms with van der Waals surface area (Å²) in [4.78, 5) is 15.6. The van der Waals surface area contributed by atoms with Crippen molar-refractivity contribution in [2.45, 2.75) is 26.7 Å². The molecule has 1 rings (SSSR count). The fourth-order valence-corrected chi connectivity index (χ4v) is 1.82. The Kier molecular flexibility index (Phi) is 4.48. The normalized spacial score (nSPS) is 17.3. The van der Waals surface area contributed by atoms with E-state index in [1.165, 1.54) is 0 Å². The molecule has 0 aliphatic carbocycles. The molecule has 2 amide bonds. The van der Waals surface area contributed by atoms with Gasteiger partial charge in [0.2, 0.25) is 0 Å². The van der Waals surface area contributed by atoms with E-state index in [1.54, 1.807) is 4.90 Å². The number of likely N-dealkylation sites (tertiary alicyclic amines) is 1. The van der Waals surface area contributed by atoms with Crippen LogP contribution in [-0.2, 0) is 0 Å². The third kappa shape index (κ3) is 3.16. The van der Waals surface area contributed by atoms with Gasteiger partial charge in [-0.1, -0.05) is 12.8 Å². The quantitative estimate of drug-likeness (QED) is 0.635. The van der Waals surface area contributed by atoms with Gasteiger partial charge in [-0.3, -0.25) is 0 Å². The van der Waals surface area contributed by atoms with Gasteiger partial charge >= 0.3 is 6.03 Å². The molecule has 1 heterocycles. The summed E-state index contributed by atoms with van der Waals surface area (Å²) in [7, 11) is 0. The number of hydrogen-bond donors (Lipinski definition) is 0. The van der Waals surface area contributed by atoms with Crippen molar-refractivity contribution in [2.75, 3.05) is 26.2 Å². The van der Waals surface area contributed by atoms with Crippen LogP contribution in [0.2, 0.25) is 0 Å². The minimum absolute atomic E-state index is 0.0994. The van der Waals surface area contributed by atoms with Gasteiger partial charge in [-0.15, -0.1) is 6.42 Å². The first-order chi connectivity index (χ1) is 7.19. The Morgan fingerprint density at radius 1 is 1.53 bits per heavy atom. The van der Waals surface area contributed by atoms with Crippen molar-refractivity contribution in [3.8, 4) is 12.3 Å². The van der Waals surface area contributed by atoms with Crippen molar-refractivity contribution in [2.24, 2.45) is 5.92 Å². The average molecular weight is 208 g/mol. The van der Waals surface area contributed by atoms with E-state index in [4.69, 9.17) is 6.42 Å². The molecular formula is C12H20N2O. The smallest absolute Gasteiger partial charge is 0.320 e. The maximum atomic E-state index is 12.0. The molecule has 1 saturated heterocycles. The van der Waals surface area contributed by atoms with Crippen LogP contribution in [0.3, 0.4) is 0 Å². The van der Waals surface area contributed by atoms with Crippen LogP contribution in [0.4, 0.5) is 4.79 Å². The van der Waals surface area contributed by atoms with Crippen molar-refractivity contribution in [3.63, 3.8) is 0 Å². The highest BCUT2D eigenvalue weighted by atomic mass is 16.2. The van der Waals surface area contributed by atoms with Gasteiger partial charge in [0.1, 0.15) is 0 Å². The van der Waals surface area contributed by atoms with E-state index in [-0.39, 0.29) is 6.03 Å². The lowest BCUT2D eigenvalue weighted by Crippen LogP contribution is -2.46. The largest absolute Gasteiger partial charge is 0.325 e. The van der Waals surface area contributed by atoms with Crippen LogP contribution < -0.4 is 0 Å². The molecule has 0 atom stereocenters. The molecule has 15 heavy (non-hydrogen) atoms. The van der Waals surface area contributed by atoms with E-state index >= 15 is 0 Å². The zero-order valence-electron chi connectivity index (χ0n) is 9.70. The fourth-order valence-electron chi connectivity index (χ4n) is 1.82. The maximum absolute atomic E-state index is 12.0. The Morgan fingerprint density at radius 3 is 2.60 bits per heavy atom. The molecule has 0 aromatic rings. The second-order valence-corrected chi connectivity index (χ2v) is 4.17. The van der Waals surface area contributed by atoms with Crippen LogP contribution in [0.5, 0.6) is 0 Å². The van der Waals surface area contributed by atoms with Crippen molar-refractivity contribution >= 4 is 6.03 Å². The van der Waals surface area contributed by atoms with Gasteiger partial charge in [-0.2, -0.15) is 0 Å². The molecule has 1 fully saturated rings. The SMILES string of the molecule is C#CCN(CC)C(=O)N1CCC(C)CC1. The van der Waals surface area contributed by atoms with E-state index in [2.05, 4.69) is 12.8 Å². The highest BCUT2D eigenvalue weighted by Gasteiger charge is 2.23. The Hall–Kier alpha value is -1.17. The van der Waals surface area contributed by atoms with Crippen LogP contribution in [0, 0.1) is 18.3 Å². The summed E-state index contributed by atoms with van der Waals surface area (Å²) in [5.41, 5.74) is 0. The predicted molar refractivity (Wildman–Crippen MR) is 61.4 cm³/mol. The van der Waals surface area contributed by atoms with Gasteiger partial charge in [0.05, 0.1) is 6.54 Å². The Labute approximate surface area is 92.4 Å². The van der Waals surface area contributed by atoms with E-state index in [0.29, 0.717) is 13.1 Å². The first-order valence-electron chi connectivity index (χ1n) is 5.66. The number of carbonyl (C=O) groups excluding carboxylic acids is 1. The lowest BCUT2D eigenvalue weighted by atomic mass is 10.00. The summed E-state index contributed by atoms with van der Waals surface area (Å²) >= 11 is 0. The number of nitrogens with zero attached hydrogens (tertiary/aromatic N) is 2. The monoisotopic (exact) mass is 208 g/mol. The summed E-state index contributed by atoms with van der Waals surface area (Å²) in [6, 6.07) is 0.0994. The lowest BCUT2D eigenvalue weighted by Gasteiger charge is -2.33. The summed E-state index contributed by atoms with van der Waals surface area (Å²) in [6.45, 7) is 7.06. The molecule has 0 spiro atoms. The third-order valence-electron chi connectivity index (χ3n) is 2.99. The summed E-state index contributed by atoms with van der Waals surface area (Å²) in [6.07, 6.45) is 7.45. The van der Waals surface area contributed by atoms with Crippen LogP contribution in [0.15, 0.2) is 0 Å². The molecule has 1 aliphatic rings. The van der Waals surface area contributed by atoms with Gasteiger partial charge < -0.3 is 9.80 Å². The number of amides is 2. The number of rotatable bonds is 2. The molecule has 0 aromatic carbocycles. The minimum atomic E-state index is 0.0994. The molecule has 0 radical (unpaired) electrons. The second kappa shape index (κ2) is 5.65. The highest BCUT2D eigenvalue weighted by Crippen LogP contribution is 2.17. The zero-order chi connectivity index (χ0) is 11.3. The molecule has 0 bridgehead atoms. The molecule has 0 unspecified atom stereocenters. The van der Waals surface area contributed by atoms with E-state index in [1.807, 2.05) is 11.8 Å². The molecule has 0 saturated carbocycles. The van der Waals surface area contributed by atoms with Crippen LogP contribution >= 0.6 is 0 Å². The number of carbonyl (C=O) groups is 1. The van der Waals surface area contributed by atoms with Crippen molar-refractivity contribution in [3.05, 3.63) is 0 Å².